The highest BCUT2D eigenvalue weighted by Gasteiger charge is 2.22. The lowest BCUT2D eigenvalue weighted by Gasteiger charge is -2.12. The molecule has 0 aliphatic carbocycles. The predicted octanol–water partition coefficient (Wildman–Crippen LogP) is 12.8. The number of rotatable bonds is 4. The van der Waals surface area contributed by atoms with Crippen LogP contribution in [0.5, 0.6) is 0 Å². The maximum Gasteiger partial charge on any atom is 0.143 e. The van der Waals surface area contributed by atoms with E-state index in [1.807, 2.05) is 0 Å². The molecule has 0 N–H and O–H groups in total. The van der Waals surface area contributed by atoms with E-state index in [4.69, 9.17) is 4.42 Å². The molecule has 0 radical (unpaired) electrons. The van der Waals surface area contributed by atoms with E-state index in [-0.39, 0.29) is 0 Å². The van der Waals surface area contributed by atoms with Crippen molar-refractivity contribution in [2.45, 2.75) is 0 Å². The first-order valence-corrected chi connectivity index (χ1v) is 16.4. The quantitative estimate of drug-likeness (QED) is 0.181. The van der Waals surface area contributed by atoms with Crippen molar-refractivity contribution in [2.75, 3.05) is 0 Å². The van der Waals surface area contributed by atoms with Gasteiger partial charge in [0.1, 0.15) is 11.3 Å². The molecule has 48 heavy (non-hydrogen) atoms. The van der Waals surface area contributed by atoms with Crippen LogP contribution in [-0.4, -0.2) is 4.57 Å². The van der Waals surface area contributed by atoms with Gasteiger partial charge in [0.15, 0.2) is 0 Å². The summed E-state index contributed by atoms with van der Waals surface area (Å²) < 4.78 is 9.30. The second-order valence-corrected chi connectivity index (χ2v) is 12.5. The molecular weight excluding hydrogens is 583 g/mol. The van der Waals surface area contributed by atoms with Gasteiger partial charge in [0.25, 0.3) is 0 Å². The summed E-state index contributed by atoms with van der Waals surface area (Å²) in [4.78, 5) is 0. The van der Waals surface area contributed by atoms with E-state index in [1.54, 1.807) is 0 Å². The molecule has 0 atom stereocenters. The zero-order chi connectivity index (χ0) is 31.6. The highest BCUT2D eigenvalue weighted by molar-refractivity contribution is 6.28. The van der Waals surface area contributed by atoms with Crippen molar-refractivity contribution in [3.63, 3.8) is 0 Å². The number of nitrogens with zero attached hydrogens (tertiary/aromatic N) is 1. The van der Waals surface area contributed by atoms with Crippen molar-refractivity contribution in [3.8, 4) is 39.3 Å². The molecule has 2 heterocycles. The Hall–Kier alpha value is -6.38. The third kappa shape index (κ3) is 4.00. The van der Waals surface area contributed by atoms with Crippen LogP contribution in [0.4, 0.5) is 0 Å². The van der Waals surface area contributed by atoms with Gasteiger partial charge in [-0.1, -0.05) is 140 Å². The molecule has 0 saturated carbocycles. The molecule has 10 aromatic rings. The second kappa shape index (κ2) is 10.6. The highest BCUT2D eigenvalue weighted by atomic mass is 16.3. The fourth-order valence-electron chi connectivity index (χ4n) is 7.64. The monoisotopic (exact) mass is 611 g/mol. The maximum absolute atomic E-state index is 6.93. The number of para-hydroxylation sites is 2. The van der Waals surface area contributed by atoms with E-state index in [2.05, 4.69) is 180 Å². The van der Waals surface area contributed by atoms with Crippen molar-refractivity contribution in [2.24, 2.45) is 0 Å². The molecule has 0 aliphatic heterocycles. The van der Waals surface area contributed by atoms with E-state index in [0.717, 1.165) is 44.5 Å². The molecule has 2 nitrogen and oxygen atoms in total. The second-order valence-electron chi connectivity index (χ2n) is 12.5. The molecule has 10 rings (SSSR count). The first-order chi connectivity index (χ1) is 23.8. The Morgan fingerprint density at radius 3 is 1.56 bits per heavy atom. The first-order valence-electron chi connectivity index (χ1n) is 16.4. The van der Waals surface area contributed by atoms with Crippen LogP contribution in [0.25, 0.3) is 93.6 Å². The lowest BCUT2D eigenvalue weighted by atomic mass is 9.91. The zero-order valence-electron chi connectivity index (χ0n) is 26.1. The Kier molecular flexibility index (Phi) is 5.91. The summed E-state index contributed by atoms with van der Waals surface area (Å²) in [5.74, 6) is 0.902. The van der Waals surface area contributed by atoms with Crippen molar-refractivity contribution >= 4 is 54.3 Å². The molecule has 0 aliphatic rings. The topological polar surface area (TPSA) is 18.1 Å². The fraction of sp³-hybridized carbons (Fsp3) is 0. The first kappa shape index (κ1) is 26.8. The van der Waals surface area contributed by atoms with Crippen LogP contribution in [0.3, 0.4) is 0 Å². The minimum absolute atomic E-state index is 0.902. The SMILES string of the molecule is c1ccc(-c2oc3c4ccc(-c5ccc(-n6c7ccccc7c7ccccc76)cc5)cc4c4ccccc4c3c2-c2ccccc2)cc1. The van der Waals surface area contributed by atoms with Crippen LogP contribution in [0.2, 0.25) is 0 Å². The van der Waals surface area contributed by atoms with Gasteiger partial charge < -0.3 is 8.98 Å². The van der Waals surface area contributed by atoms with Gasteiger partial charge >= 0.3 is 0 Å². The number of furan rings is 1. The lowest BCUT2D eigenvalue weighted by molar-refractivity contribution is 0.636. The molecule has 0 saturated heterocycles. The maximum atomic E-state index is 6.93. The van der Waals surface area contributed by atoms with E-state index < -0.39 is 0 Å². The predicted molar refractivity (Wildman–Crippen MR) is 202 cm³/mol. The minimum Gasteiger partial charge on any atom is -0.455 e. The number of benzene rings is 8. The zero-order valence-corrected chi connectivity index (χ0v) is 26.1. The molecule has 8 aromatic carbocycles. The van der Waals surface area contributed by atoms with Crippen LogP contribution < -0.4 is 0 Å². The summed E-state index contributed by atoms with van der Waals surface area (Å²) in [7, 11) is 0. The Bertz CT molecular complexity index is 2750. The Balaban J connectivity index is 1.17. The summed E-state index contributed by atoms with van der Waals surface area (Å²) in [6.07, 6.45) is 0. The third-order valence-corrected chi connectivity index (χ3v) is 9.80. The molecule has 0 bridgehead atoms. The van der Waals surface area contributed by atoms with Crippen LogP contribution in [0, 0.1) is 0 Å². The molecule has 2 aromatic heterocycles. The smallest absolute Gasteiger partial charge is 0.143 e. The van der Waals surface area contributed by atoms with Crippen molar-refractivity contribution in [1.82, 2.24) is 4.57 Å². The number of aromatic nitrogens is 1. The summed E-state index contributed by atoms with van der Waals surface area (Å²) in [6.45, 7) is 0. The third-order valence-electron chi connectivity index (χ3n) is 9.80. The fourth-order valence-corrected chi connectivity index (χ4v) is 7.64. The van der Waals surface area contributed by atoms with E-state index >= 15 is 0 Å². The van der Waals surface area contributed by atoms with E-state index in [1.165, 1.54) is 49.1 Å². The highest BCUT2D eigenvalue weighted by Crippen LogP contribution is 2.47. The molecule has 0 spiro atoms. The van der Waals surface area contributed by atoms with Crippen molar-refractivity contribution in [3.05, 3.63) is 176 Å². The van der Waals surface area contributed by atoms with Gasteiger partial charge in [-0.15, -0.1) is 0 Å². The van der Waals surface area contributed by atoms with E-state index in [0.29, 0.717) is 0 Å². The number of hydrogen-bond donors (Lipinski definition) is 0. The van der Waals surface area contributed by atoms with Gasteiger partial charge in [-0.2, -0.15) is 0 Å². The van der Waals surface area contributed by atoms with Crippen LogP contribution in [0.15, 0.2) is 180 Å². The molecule has 224 valence electrons. The average molecular weight is 612 g/mol. The Morgan fingerprint density at radius 1 is 0.354 bits per heavy atom. The van der Waals surface area contributed by atoms with Crippen LogP contribution in [0.1, 0.15) is 0 Å². The van der Waals surface area contributed by atoms with Crippen LogP contribution >= 0.6 is 0 Å². The molecule has 2 heteroatoms. The number of fused-ring (bicyclic) bond motifs is 9. The van der Waals surface area contributed by atoms with Crippen molar-refractivity contribution in [1.29, 1.82) is 0 Å². The standard InChI is InChI=1S/C46H29NO/c1-3-13-31(14-4-1)43-44-38-20-8-7-17-35(38)40-29-33(25-28-39(40)46(44)48-45(43)32-15-5-2-6-16-32)30-23-26-34(27-24-30)47-41-21-11-9-18-36(41)37-19-10-12-22-42(37)47/h1-29H. The van der Waals surface area contributed by atoms with Gasteiger partial charge in [-0.25, -0.2) is 0 Å². The summed E-state index contributed by atoms with van der Waals surface area (Å²) in [6, 6.07) is 63.0. The Labute approximate surface area is 277 Å². The average Bonchev–Trinajstić information content (AvgIpc) is 3.73. The molecule has 0 fully saturated rings. The largest absolute Gasteiger partial charge is 0.455 e. The minimum atomic E-state index is 0.902. The van der Waals surface area contributed by atoms with Gasteiger partial charge in [0, 0.05) is 38.4 Å². The lowest BCUT2D eigenvalue weighted by Crippen LogP contribution is -1.93. The summed E-state index contributed by atoms with van der Waals surface area (Å²) in [5.41, 5.74) is 10.2. The summed E-state index contributed by atoms with van der Waals surface area (Å²) in [5, 5.41) is 8.43. The van der Waals surface area contributed by atoms with Gasteiger partial charge in [-0.3, -0.25) is 0 Å². The summed E-state index contributed by atoms with van der Waals surface area (Å²) >= 11 is 0. The van der Waals surface area contributed by atoms with Gasteiger partial charge in [-0.05, 0) is 69.2 Å². The molecule has 0 unspecified atom stereocenters. The normalized spacial score (nSPS) is 11.8. The molecular formula is C46H29NO. The van der Waals surface area contributed by atoms with Gasteiger partial charge in [0.2, 0.25) is 0 Å². The van der Waals surface area contributed by atoms with Crippen molar-refractivity contribution < 1.29 is 4.42 Å². The Morgan fingerprint density at radius 2 is 0.896 bits per heavy atom. The number of hydrogen-bond acceptors (Lipinski definition) is 1. The van der Waals surface area contributed by atoms with E-state index in [9.17, 15) is 0 Å². The molecule has 0 amide bonds. The van der Waals surface area contributed by atoms with Gasteiger partial charge in [0.05, 0.1) is 11.0 Å². The van der Waals surface area contributed by atoms with Crippen LogP contribution in [-0.2, 0) is 0 Å².